The lowest BCUT2D eigenvalue weighted by molar-refractivity contribution is 0.481. The van der Waals surface area contributed by atoms with Crippen LogP contribution in [0.4, 0.5) is 0 Å². The van der Waals surface area contributed by atoms with Gasteiger partial charge in [0.2, 0.25) is 0 Å². The minimum absolute atomic E-state index is 0.736. The highest BCUT2D eigenvalue weighted by Crippen LogP contribution is 2.34. The Balaban J connectivity index is 1.51. The Hall–Kier alpha value is -4.03. The molecule has 158 valence electrons. The average Bonchev–Trinajstić information content (AvgIpc) is 2.82. The normalized spacial score (nSPS) is 10.9. The SMILES string of the molecule is Cc1ccc(Oc2ccc(C(C)(C#N)c3ccc(Oc4ccc(C)cc4)cc3)cc2)cc1. The van der Waals surface area contributed by atoms with E-state index in [2.05, 4.69) is 6.07 Å². The molecule has 0 aromatic heterocycles. The van der Waals surface area contributed by atoms with E-state index < -0.39 is 5.41 Å². The van der Waals surface area contributed by atoms with Crippen LogP contribution in [0.3, 0.4) is 0 Å². The van der Waals surface area contributed by atoms with Crippen molar-refractivity contribution >= 4 is 0 Å². The first kappa shape index (κ1) is 21.2. The Bertz CT molecular complexity index is 1130. The number of rotatable bonds is 6. The predicted octanol–water partition coefficient (Wildman–Crippen LogP) is 7.72. The lowest BCUT2D eigenvalue weighted by Crippen LogP contribution is -2.21. The summed E-state index contributed by atoms with van der Waals surface area (Å²) in [5.74, 6) is 3.05. The summed E-state index contributed by atoms with van der Waals surface area (Å²) in [4.78, 5) is 0. The zero-order valence-electron chi connectivity index (χ0n) is 18.5. The van der Waals surface area contributed by atoms with Gasteiger partial charge in [-0.15, -0.1) is 0 Å². The summed E-state index contributed by atoms with van der Waals surface area (Å²) in [6.07, 6.45) is 0. The number of hydrogen-bond donors (Lipinski definition) is 0. The standard InChI is InChI=1S/C29H25NO2/c1-21-4-12-25(13-5-21)31-27-16-8-23(9-17-27)29(3,20-30)24-10-18-28(19-11-24)32-26-14-6-22(2)7-15-26/h4-19H,1-3H3. The van der Waals surface area contributed by atoms with Crippen LogP contribution >= 0.6 is 0 Å². The van der Waals surface area contributed by atoms with Gasteiger partial charge in [0.25, 0.3) is 0 Å². The molecular formula is C29H25NO2. The maximum Gasteiger partial charge on any atom is 0.127 e. The minimum atomic E-state index is -0.787. The van der Waals surface area contributed by atoms with Crippen molar-refractivity contribution in [2.45, 2.75) is 26.2 Å². The van der Waals surface area contributed by atoms with Gasteiger partial charge in [-0.2, -0.15) is 5.26 Å². The van der Waals surface area contributed by atoms with Crippen molar-refractivity contribution in [1.82, 2.24) is 0 Å². The van der Waals surface area contributed by atoms with Crippen molar-refractivity contribution in [2.75, 3.05) is 0 Å². The van der Waals surface area contributed by atoms with E-state index in [-0.39, 0.29) is 0 Å². The Kier molecular flexibility index (Phi) is 5.96. The average molecular weight is 420 g/mol. The van der Waals surface area contributed by atoms with Crippen LogP contribution in [0, 0.1) is 25.2 Å². The van der Waals surface area contributed by atoms with Crippen molar-refractivity contribution in [2.24, 2.45) is 0 Å². The highest BCUT2D eigenvalue weighted by molar-refractivity contribution is 5.48. The number of nitriles is 1. The van der Waals surface area contributed by atoms with Crippen molar-refractivity contribution in [3.8, 4) is 29.1 Å². The molecule has 32 heavy (non-hydrogen) atoms. The first-order valence-corrected chi connectivity index (χ1v) is 10.6. The molecule has 0 aliphatic rings. The lowest BCUT2D eigenvalue weighted by atomic mass is 9.77. The second-order valence-electron chi connectivity index (χ2n) is 8.12. The summed E-state index contributed by atoms with van der Waals surface area (Å²) in [6.45, 7) is 6.02. The lowest BCUT2D eigenvalue weighted by Gasteiger charge is -2.23. The van der Waals surface area contributed by atoms with Crippen molar-refractivity contribution in [3.63, 3.8) is 0 Å². The molecule has 0 spiro atoms. The molecule has 0 fully saturated rings. The fourth-order valence-corrected chi connectivity index (χ4v) is 3.49. The number of aryl methyl sites for hydroxylation is 2. The molecule has 0 atom stereocenters. The molecule has 4 aromatic carbocycles. The van der Waals surface area contributed by atoms with Crippen LogP contribution in [0.2, 0.25) is 0 Å². The van der Waals surface area contributed by atoms with E-state index in [9.17, 15) is 5.26 Å². The first-order valence-electron chi connectivity index (χ1n) is 10.6. The zero-order chi connectivity index (χ0) is 22.6. The largest absolute Gasteiger partial charge is 0.457 e. The smallest absolute Gasteiger partial charge is 0.127 e. The van der Waals surface area contributed by atoms with Crippen LogP contribution in [-0.4, -0.2) is 0 Å². The monoisotopic (exact) mass is 419 g/mol. The van der Waals surface area contributed by atoms with E-state index in [4.69, 9.17) is 9.47 Å². The van der Waals surface area contributed by atoms with Gasteiger partial charge < -0.3 is 9.47 Å². The first-order chi connectivity index (χ1) is 15.5. The summed E-state index contributed by atoms with van der Waals surface area (Å²) in [5, 5.41) is 10.0. The molecule has 0 heterocycles. The second kappa shape index (κ2) is 8.99. The van der Waals surface area contributed by atoms with Gasteiger partial charge >= 0.3 is 0 Å². The molecule has 4 rings (SSSR count). The Morgan fingerprint density at radius 2 is 0.812 bits per heavy atom. The van der Waals surface area contributed by atoms with E-state index >= 15 is 0 Å². The predicted molar refractivity (Wildman–Crippen MR) is 127 cm³/mol. The summed E-state index contributed by atoms with van der Waals surface area (Å²) in [6, 6.07) is 33.7. The number of nitrogens with zero attached hydrogens (tertiary/aromatic N) is 1. The third kappa shape index (κ3) is 4.66. The summed E-state index contributed by atoms with van der Waals surface area (Å²) in [7, 11) is 0. The van der Waals surface area contributed by atoms with Crippen LogP contribution in [0.25, 0.3) is 0 Å². The molecule has 3 nitrogen and oxygen atoms in total. The zero-order valence-corrected chi connectivity index (χ0v) is 18.5. The van der Waals surface area contributed by atoms with Gasteiger partial charge in [0.1, 0.15) is 28.4 Å². The van der Waals surface area contributed by atoms with E-state index in [1.165, 1.54) is 11.1 Å². The molecule has 0 N–H and O–H groups in total. The summed E-state index contributed by atoms with van der Waals surface area (Å²) < 4.78 is 11.8. The van der Waals surface area contributed by atoms with Crippen LogP contribution in [0.5, 0.6) is 23.0 Å². The van der Waals surface area contributed by atoms with Crippen LogP contribution in [-0.2, 0) is 5.41 Å². The topological polar surface area (TPSA) is 42.2 Å². The van der Waals surface area contributed by atoms with Gasteiger partial charge in [0, 0.05) is 0 Å². The second-order valence-corrected chi connectivity index (χ2v) is 8.12. The van der Waals surface area contributed by atoms with Crippen LogP contribution in [0.15, 0.2) is 97.1 Å². The maximum atomic E-state index is 10.0. The Labute approximate surface area is 189 Å². The number of ether oxygens (including phenoxy) is 2. The van der Waals surface area contributed by atoms with Gasteiger partial charge in [-0.3, -0.25) is 0 Å². The molecule has 0 unspecified atom stereocenters. The minimum Gasteiger partial charge on any atom is -0.457 e. The number of benzene rings is 4. The number of hydrogen-bond acceptors (Lipinski definition) is 3. The Morgan fingerprint density at radius 3 is 1.09 bits per heavy atom. The van der Waals surface area contributed by atoms with Crippen molar-refractivity contribution in [1.29, 1.82) is 5.26 Å². The molecule has 4 aromatic rings. The molecular weight excluding hydrogens is 394 g/mol. The molecule has 0 amide bonds. The maximum absolute atomic E-state index is 10.0. The van der Waals surface area contributed by atoms with Crippen LogP contribution in [0.1, 0.15) is 29.2 Å². The van der Waals surface area contributed by atoms with E-state index in [0.29, 0.717) is 0 Å². The van der Waals surface area contributed by atoms with E-state index in [0.717, 1.165) is 34.1 Å². The third-order valence-corrected chi connectivity index (χ3v) is 5.60. The molecule has 0 aliphatic heterocycles. The van der Waals surface area contributed by atoms with Crippen molar-refractivity contribution < 1.29 is 9.47 Å². The third-order valence-electron chi connectivity index (χ3n) is 5.60. The van der Waals surface area contributed by atoms with Gasteiger partial charge in [-0.05, 0) is 80.4 Å². The summed E-state index contributed by atoms with van der Waals surface area (Å²) in [5.41, 5.74) is 3.40. The van der Waals surface area contributed by atoms with Crippen molar-refractivity contribution in [3.05, 3.63) is 119 Å². The van der Waals surface area contributed by atoms with Gasteiger partial charge in [-0.25, -0.2) is 0 Å². The van der Waals surface area contributed by atoms with Crippen LogP contribution < -0.4 is 9.47 Å². The fraction of sp³-hybridized carbons (Fsp3) is 0.138. The highest BCUT2D eigenvalue weighted by Gasteiger charge is 2.29. The summed E-state index contributed by atoms with van der Waals surface area (Å²) >= 11 is 0. The van der Waals surface area contributed by atoms with Gasteiger partial charge in [0.15, 0.2) is 0 Å². The molecule has 3 heteroatoms. The molecule has 0 radical (unpaired) electrons. The van der Waals surface area contributed by atoms with Gasteiger partial charge in [-0.1, -0.05) is 59.7 Å². The fourth-order valence-electron chi connectivity index (χ4n) is 3.49. The quantitative estimate of drug-likeness (QED) is 0.321. The highest BCUT2D eigenvalue weighted by atomic mass is 16.5. The molecule has 0 aliphatic carbocycles. The molecule has 0 bridgehead atoms. The molecule has 0 saturated carbocycles. The molecule has 0 saturated heterocycles. The Morgan fingerprint density at radius 1 is 0.531 bits per heavy atom. The van der Waals surface area contributed by atoms with Gasteiger partial charge in [0.05, 0.1) is 6.07 Å². The van der Waals surface area contributed by atoms with E-state index in [1.807, 2.05) is 118 Å². The van der Waals surface area contributed by atoms with E-state index in [1.54, 1.807) is 0 Å².